The minimum Gasteiger partial charge on any atom is -0.339 e. The molecule has 5 nitrogen and oxygen atoms in total. The van der Waals surface area contributed by atoms with Crippen molar-refractivity contribution < 1.29 is 9.59 Å². The summed E-state index contributed by atoms with van der Waals surface area (Å²) in [5.41, 5.74) is 6.63. The lowest BCUT2D eigenvalue weighted by Crippen LogP contribution is -2.33. The Hall–Kier alpha value is -1.88. The lowest BCUT2D eigenvalue weighted by atomic mass is 10.1. The standard InChI is InChI=1S/C14H21N3O2/c1-4-17(5-2)14(19)11-7-6-8-12(9-11)16-13(18)10(3)15/h6-10H,4-5,15H2,1-3H3,(H,16,18). The normalized spacial score (nSPS) is 11.8. The number of benzene rings is 1. The Morgan fingerprint density at radius 3 is 2.47 bits per heavy atom. The van der Waals surface area contributed by atoms with E-state index in [1.807, 2.05) is 13.8 Å². The molecule has 0 aliphatic carbocycles. The Morgan fingerprint density at radius 1 is 1.32 bits per heavy atom. The van der Waals surface area contributed by atoms with E-state index in [9.17, 15) is 9.59 Å². The Balaban J connectivity index is 2.88. The van der Waals surface area contributed by atoms with Gasteiger partial charge in [0.15, 0.2) is 0 Å². The molecule has 1 unspecified atom stereocenters. The van der Waals surface area contributed by atoms with Gasteiger partial charge >= 0.3 is 0 Å². The van der Waals surface area contributed by atoms with E-state index in [0.29, 0.717) is 24.3 Å². The van der Waals surface area contributed by atoms with Gasteiger partial charge in [-0.25, -0.2) is 0 Å². The highest BCUT2D eigenvalue weighted by molar-refractivity contribution is 5.98. The molecule has 0 radical (unpaired) electrons. The van der Waals surface area contributed by atoms with E-state index in [1.165, 1.54) is 0 Å². The van der Waals surface area contributed by atoms with Crippen LogP contribution in [0.15, 0.2) is 24.3 Å². The lowest BCUT2D eigenvalue weighted by molar-refractivity contribution is -0.117. The smallest absolute Gasteiger partial charge is 0.253 e. The molecule has 3 N–H and O–H groups in total. The Kier molecular flexibility index (Phi) is 5.51. The van der Waals surface area contributed by atoms with E-state index in [0.717, 1.165) is 0 Å². The molecule has 0 bridgehead atoms. The quantitative estimate of drug-likeness (QED) is 0.844. The number of nitrogens with zero attached hydrogens (tertiary/aromatic N) is 1. The van der Waals surface area contributed by atoms with Gasteiger partial charge < -0.3 is 16.0 Å². The Morgan fingerprint density at radius 2 is 1.95 bits per heavy atom. The second kappa shape index (κ2) is 6.89. The Bertz CT molecular complexity index is 454. The monoisotopic (exact) mass is 263 g/mol. The minimum atomic E-state index is -0.581. The zero-order valence-corrected chi connectivity index (χ0v) is 11.6. The molecule has 1 aromatic carbocycles. The summed E-state index contributed by atoms with van der Waals surface area (Å²) < 4.78 is 0. The Labute approximate surface area is 113 Å². The molecule has 2 amide bonds. The van der Waals surface area contributed by atoms with Crippen LogP contribution in [0.3, 0.4) is 0 Å². The van der Waals surface area contributed by atoms with E-state index >= 15 is 0 Å². The third-order valence-corrected chi connectivity index (χ3v) is 2.84. The molecule has 0 aromatic heterocycles. The number of carbonyl (C=O) groups is 2. The molecule has 0 aliphatic heterocycles. The summed E-state index contributed by atoms with van der Waals surface area (Å²) in [4.78, 5) is 25.4. The second-order valence-corrected chi connectivity index (χ2v) is 4.34. The first kappa shape index (κ1) is 15.2. The molecule has 0 saturated carbocycles. The summed E-state index contributed by atoms with van der Waals surface area (Å²) in [6.07, 6.45) is 0. The summed E-state index contributed by atoms with van der Waals surface area (Å²) in [7, 11) is 0. The summed E-state index contributed by atoms with van der Waals surface area (Å²) in [6, 6.07) is 6.30. The number of hydrogen-bond donors (Lipinski definition) is 2. The number of nitrogens with two attached hydrogens (primary N) is 1. The molecule has 0 fully saturated rings. The van der Waals surface area contributed by atoms with Crippen LogP contribution in [0.5, 0.6) is 0 Å². The fourth-order valence-electron chi connectivity index (χ4n) is 1.68. The first-order valence-electron chi connectivity index (χ1n) is 6.45. The molecule has 0 aliphatic rings. The van der Waals surface area contributed by atoms with Crippen molar-refractivity contribution in [1.82, 2.24) is 4.90 Å². The topological polar surface area (TPSA) is 75.4 Å². The maximum absolute atomic E-state index is 12.2. The van der Waals surface area contributed by atoms with Gasteiger partial charge in [-0.3, -0.25) is 9.59 Å². The predicted molar refractivity (Wildman–Crippen MR) is 76.0 cm³/mol. The van der Waals surface area contributed by atoms with Crippen LogP contribution in [0, 0.1) is 0 Å². The van der Waals surface area contributed by atoms with Crippen LogP contribution in [0.4, 0.5) is 5.69 Å². The molecule has 1 rings (SSSR count). The number of hydrogen-bond acceptors (Lipinski definition) is 3. The van der Waals surface area contributed by atoms with Crippen molar-refractivity contribution in [3.05, 3.63) is 29.8 Å². The van der Waals surface area contributed by atoms with Gasteiger partial charge in [-0.15, -0.1) is 0 Å². The molecule has 1 aromatic rings. The van der Waals surface area contributed by atoms with E-state index in [1.54, 1.807) is 36.1 Å². The van der Waals surface area contributed by atoms with E-state index in [-0.39, 0.29) is 11.8 Å². The van der Waals surface area contributed by atoms with Crippen molar-refractivity contribution in [2.75, 3.05) is 18.4 Å². The molecule has 104 valence electrons. The maximum atomic E-state index is 12.2. The predicted octanol–water partition coefficient (Wildman–Crippen LogP) is 1.45. The first-order chi connectivity index (χ1) is 8.99. The van der Waals surface area contributed by atoms with E-state index < -0.39 is 6.04 Å². The van der Waals surface area contributed by atoms with Crippen molar-refractivity contribution in [2.45, 2.75) is 26.8 Å². The SMILES string of the molecule is CCN(CC)C(=O)c1cccc(NC(=O)C(C)N)c1. The zero-order valence-electron chi connectivity index (χ0n) is 11.6. The number of carbonyl (C=O) groups excluding carboxylic acids is 2. The number of anilines is 1. The average Bonchev–Trinajstić information content (AvgIpc) is 2.40. The van der Waals surface area contributed by atoms with Gasteiger partial charge in [0.1, 0.15) is 0 Å². The maximum Gasteiger partial charge on any atom is 0.253 e. The van der Waals surface area contributed by atoms with Crippen LogP contribution >= 0.6 is 0 Å². The fourth-order valence-corrected chi connectivity index (χ4v) is 1.68. The van der Waals surface area contributed by atoms with Crippen LogP contribution < -0.4 is 11.1 Å². The van der Waals surface area contributed by atoms with Crippen LogP contribution in [0.25, 0.3) is 0 Å². The highest BCUT2D eigenvalue weighted by Gasteiger charge is 2.13. The van der Waals surface area contributed by atoms with Crippen molar-refractivity contribution in [2.24, 2.45) is 5.73 Å². The van der Waals surface area contributed by atoms with E-state index in [4.69, 9.17) is 5.73 Å². The zero-order chi connectivity index (χ0) is 14.4. The number of amides is 2. The van der Waals surface area contributed by atoms with Gasteiger partial charge in [0.05, 0.1) is 6.04 Å². The summed E-state index contributed by atoms with van der Waals surface area (Å²) in [5, 5.41) is 2.68. The number of nitrogens with one attached hydrogen (secondary N) is 1. The molecule has 5 heteroatoms. The van der Waals surface area contributed by atoms with Gasteiger partial charge in [-0.1, -0.05) is 6.07 Å². The van der Waals surface area contributed by atoms with Gasteiger partial charge in [-0.05, 0) is 39.0 Å². The summed E-state index contributed by atoms with van der Waals surface area (Å²) in [6.45, 7) is 6.80. The summed E-state index contributed by atoms with van der Waals surface area (Å²) in [5.74, 6) is -0.311. The lowest BCUT2D eigenvalue weighted by Gasteiger charge is -2.19. The molecular formula is C14H21N3O2. The highest BCUT2D eigenvalue weighted by Crippen LogP contribution is 2.13. The number of rotatable bonds is 5. The largest absolute Gasteiger partial charge is 0.339 e. The van der Waals surface area contributed by atoms with Crippen LogP contribution in [-0.2, 0) is 4.79 Å². The molecule has 19 heavy (non-hydrogen) atoms. The van der Waals surface area contributed by atoms with Crippen LogP contribution in [0.2, 0.25) is 0 Å². The molecule has 0 saturated heterocycles. The third-order valence-electron chi connectivity index (χ3n) is 2.84. The second-order valence-electron chi connectivity index (χ2n) is 4.34. The minimum absolute atomic E-state index is 0.0399. The molecule has 0 spiro atoms. The van der Waals surface area contributed by atoms with Gasteiger partial charge in [-0.2, -0.15) is 0 Å². The summed E-state index contributed by atoms with van der Waals surface area (Å²) >= 11 is 0. The average molecular weight is 263 g/mol. The molecule has 1 atom stereocenters. The van der Waals surface area contributed by atoms with Crippen molar-refractivity contribution in [3.63, 3.8) is 0 Å². The van der Waals surface area contributed by atoms with Gasteiger partial charge in [0, 0.05) is 24.3 Å². The van der Waals surface area contributed by atoms with E-state index in [2.05, 4.69) is 5.32 Å². The van der Waals surface area contributed by atoms with Gasteiger partial charge in [0.2, 0.25) is 5.91 Å². The van der Waals surface area contributed by atoms with Gasteiger partial charge in [0.25, 0.3) is 5.91 Å². The van der Waals surface area contributed by atoms with Crippen LogP contribution in [0.1, 0.15) is 31.1 Å². The first-order valence-corrected chi connectivity index (χ1v) is 6.45. The van der Waals surface area contributed by atoms with Crippen molar-refractivity contribution >= 4 is 17.5 Å². The van der Waals surface area contributed by atoms with Crippen LogP contribution in [-0.4, -0.2) is 35.8 Å². The fraction of sp³-hybridized carbons (Fsp3) is 0.429. The molecular weight excluding hydrogens is 242 g/mol. The molecule has 0 heterocycles. The highest BCUT2D eigenvalue weighted by atomic mass is 16.2. The van der Waals surface area contributed by atoms with Crippen molar-refractivity contribution in [3.8, 4) is 0 Å². The van der Waals surface area contributed by atoms with Crippen molar-refractivity contribution in [1.29, 1.82) is 0 Å². The third kappa shape index (κ3) is 4.06.